The number of methoxy groups -OCH3 is 1. The average molecular weight is 349 g/mol. The van der Waals surface area contributed by atoms with Gasteiger partial charge in [-0.3, -0.25) is 4.79 Å². The van der Waals surface area contributed by atoms with Crippen LogP contribution in [0.2, 0.25) is 0 Å². The van der Waals surface area contributed by atoms with Crippen LogP contribution in [0.1, 0.15) is 16.9 Å². The molecule has 0 aromatic carbocycles. The topological polar surface area (TPSA) is 71.5 Å². The first-order valence-corrected chi connectivity index (χ1v) is 7.80. The number of amides is 1. The van der Waals surface area contributed by atoms with Crippen LogP contribution in [0.25, 0.3) is 0 Å². The van der Waals surface area contributed by atoms with Crippen LogP contribution in [0, 0.1) is 11.6 Å². The number of hydrogen-bond donors (Lipinski definition) is 0. The number of pyridine rings is 1. The van der Waals surface area contributed by atoms with Crippen LogP contribution in [0.15, 0.2) is 24.7 Å². The third-order valence-corrected chi connectivity index (χ3v) is 3.93. The quantitative estimate of drug-likeness (QED) is 0.837. The molecule has 2 aromatic rings. The summed E-state index contributed by atoms with van der Waals surface area (Å²) >= 11 is 0. The smallest absolute Gasteiger partial charge is 0.275 e. The fourth-order valence-electron chi connectivity index (χ4n) is 2.73. The average Bonchev–Trinajstić information content (AvgIpc) is 2.87. The molecule has 3 heterocycles. The molecule has 0 spiro atoms. The lowest BCUT2D eigenvalue weighted by Gasteiger charge is -2.23. The van der Waals surface area contributed by atoms with Crippen LogP contribution in [0.5, 0.6) is 5.88 Å². The zero-order chi connectivity index (χ0) is 17.8. The van der Waals surface area contributed by atoms with Crippen molar-refractivity contribution in [2.45, 2.75) is 6.42 Å². The Morgan fingerprint density at radius 2 is 1.92 bits per heavy atom. The maximum absolute atomic E-state index is 13.8. The SMILES string of the molecule is COc1nccnc1N1CCCN(C(=O)c2ncc(F)cc2F)CC1. The second-order valence-corrected chi connectivity index (χ2v) is 5.51. The van der Waals surface area contributed by atoms with Crippen LogP contribution >= 0.6 is 0 Å². The molecule has 1 amide bonds. The van der Waals surface area contributed by atoms with E-state index in [1.54, 1.807) is 12.4 Å². The predicted molar refractivity (Wildman–Crippen MR) is 85.5 cm³/mol. The van der Waals surface area contributed by atoms with E-state index in [1.165, 1.54) is 12.0 Å². The van der Waals surface area contributed by atoms with Crippen molar-refractivity contribution in [1.29, 1.82) is 0 Å². The molecule has 0 atom stereocenters. The summed E-state index contributed by atoms with van der Waals surface area (Å²) in [6, 6.07) is 0.661. The minimum absolute atomic E-state index is 0.358. The third kappa shape index (κ3) is 3.65. The Morgan fingerprint density at radius 1 is 1.12 bits per heavy atom. The van der Waals surface area contributed by atoms with E-state index >= 15 is 0 Å². The monoisotopic (exact) mass is 349 g/mol. The van der Waals surface area contributed by atoms with Gasteiger partial charge in [0.2, 0.25) is 0 Å². The highest BCUT2D eigenvalue weighted by molar-refractivity contribution is 5.92. The minimum atomic E-state index is -0.957. The molecule has 2 aromatic heterocycles. The van der Waals surface area contributed by atoms with Gasteiger partial charge in [-0.1, -0.05) is 0 Å². The number of halogens is 2. The molecule has 0 bridgehead atoms. The van der Waals surface area contributed by atoms with Crippen LogP contribution in [-0.2, 0) is 0 Å². The van der Waals surface area contributed by atoms with Gasteiger partial charge < -0.3 is 14.5 Å². The van der Waals surface area contributed by atoms with Crippen molar-refractivity contribution in [1.82, 2.24) is 19.9 Å². The van der Waals surface area contributed by atoms with Crippen LogP contribution in [0.3, 0.4) is 0 Å². The Balaban J connectivity index is 1.74. The van der Waals surface area contributed by atoms with Gasteiger partial charge in [-0.15, -0.1) is 0 Å². The van der Waals surface area contributed by atoms with Crippen molar-refractivity contribution in [2.24, 2.45) is 0 Å². The van der Waals surface area contributed by atoms with Crippen molar-refractivity contribution in [3.63, 3.8) is 0 Å². The van der Waals surface area contributed by atoms with Gasteiger partial charge in [-0.05, 0) is 6.42 Å². The fourth-order valence-corrected chi connectivity index (χ4v) is 2.73. The summed E-state index contributed by atoms with van der Waals surface area (Å²) in [5.74, 6) is -1.31. The molecule has 9 heteroatoms. The van der Waals surface area contributed by atoms with E-state index < -0.39 is 17.5 Å². The molecular weight excluding hydrogens is 332 g/mol. The third-order valence-electron chi connectivity index (χ3n) is 3.93. The van der Waals surface area contributed by atoms with E-state index in [9.17, 15) is 13.6 Å². The van der Waals surface area contributed by atoms with E-state index in [1.807, 2.05) is 4.90 Å². The van der Waals surface area contributed by atoms with Crippen molar-refractivity contribution >= 4 is 11.7 Å². The Labute approximate surface area is 143 Å². The molecule has 7 nitrogen and oxygen atoms in total. The number of carbonyl (C=O) groups excluding carboxylic acids is 1. The first kappa shape index (κ1) is 17.0. The van der Waals surface area contributed by atoms with Crippen LogP contribution in [0.4, 0.5) is 14.6 Å². The Morgan fingerprint density at radius 3 is 2.68 bits per heavy atom. The second kappa shape index (κ2) is 7.37. The molecule has 132 valence electrons. The van der Waals surface area contributed by atoms with Gasteiger partial charge in [0.1, 0.15) is 5.82 Å². The van der Waals surface area contributed by atoms with Gasteiger partial charge in [-0.25, -0.2) is 23.7 Å². The first-order valence-electron chi connectivity index (χ1n) is 7.80. The van der Waals surface area contributed by atoms with Crippen molar-refractivity contribution in [2.75, 3.05) is 38.2 Å². The normalized spacial score (nSPS) is 15.0. The highest BCUT2D eigenvalue weighted by Gasteiger charge is 2.25. The molecule has 1 saturated heterocycles. The van der Waals surface area contributed by atoms with Crippen LogP contribution < -0.4 is 9.64 Å². The van der Waals surface area contributed by atoms with E-state index in [4.69, 9.17) is 4.74 Å². The van der Waals surface area contributed by atoms with Crippen LogP contribution in [-0.4, -0.2) is 59.0 Å². The first-order chi connectivity index (χ1) is 12.1. The van der Waals surface area contributed by atoms with Gasteiger partial charge in [-0.2, -0.15) is 0 Å². The zero-order valence-electron chi connectivity index (χ0n) is 13.7. The van der Waals surface area contributed by atoms with Gasteiger partial charge in [0.15, 0.2) is 17.3 Å². The zero-order valence-corrected chi connectivity index (χ0v) is 13.7. The maximum atomic E-state index is 13.8. The standard InChI is InChI=1S/C16H17F2N5O2/c1-25-15-14(19-3-4-20-15)22-5-2-6-23(8-7-22)16(24)13-12(18)9-11(17)10-21-13/h3-4,9-10H,2,5-8H2,1H3. The Kier molecular flexibility index (Phi) is 5.01. The van der Waals surface area contributed by atoms with Crippen molar-refractivity contribution < 1.29 is 18.3 Å². The molecule has 0 aliphatic carbocycles. The van der Waals surface area contributed by atoms with Gasteiger partial charge in [0.05, 0.1) is 13.3 Å². The van der Waals surface area contributed by atoms with Crippen molar-refractivity contribution in [3.05, 3.63) is 42.0 Å². The lowest BCUT2D eigenvalue weighted by molar-refractivity contribution is 0.0755. The van der Waals surface area contributed by atoms with Gasteiger partial charge in [0, 0.05) is 44.6 Å². The maximum Gasteiger partial charge on any atom is 0.275 e. The fraction of sp³-hybridized carbons (Fsp3) is 0.375. The molecule has 1 aliphatic rings. The summed E-state index contributed by atoms with van der Waals surface area (Å²) in [5.41, 5.74) is -0.369. The summed E-state index contributed by atoms with van der Waals surface area (Å²) < 4.78 is 32.0. The molecule has 1 aliphatic heterocycles. The summed E-state index contributed by atoms with van der Waals surface area (Å²) in [7, 11) is 1.52. The number of carbonyl (C=O) groups is 1. The number of anilines is 1. The number of ether oxygens (including phenoxy) is 1. The number of rotatable bonds is 3. The number of hydrogen-bond acceptors (Lipinski definition) is 6. The van der Waals surface area contributed by atoms with E-state index in [0.717, 1.165) is 6.20 Å². The lowest BCUT2D eigenvalue weighted by atomic mass is 10.3. The molecule has 0 radical (unpaired) electrons. The largest absolute Gasteiger partial charge is 0.478 e. The molecule has 0 N–H and O–H groups in total. The Bertz CT molecular complexity index is 774. The van der Waals surface area contributed by atoms with E-state index in [2.05, 4.69) is 15.0 Å². The Hall–Kier alpha value is -2.84. The molecule has 0 unspecified atom stereocenters. The minimum Gasteiger partial charge on any atom is -0.478 e. The molecule has 1 fully saturated rings. The van der Waals surface area contributed by atoms with Gasteiger partial charge >= 0.3 is 0 Å². The highest BCUT2D eigenvalue weighted by atomic mass is 19.1. The molecule has 3 rings (SSSR count). The lowest BCUT2D eigenvalue weighted by Crippen LogP contribution is -2.36. The summed E-state index contributed by atoms with van der Waals surface area (Å²) in [5, 5.41) is 0. The van der Waals surface area contributed by atoms with E-state index in [0.29, 0.717) is 50.4 Å². The highest BCUT2D eigenvalue weighted by Crippen LogP contribution is 2.23. The van der Waals surface area contributed by atoms with E-state index in [-0.39, 0.29) is 5.69 Å². The summed E-state index contributed by atoms with van der Waals surface area (Å²) in [6.07, 6.45) is 4.61. The second-order valence-electron chi connectivity index (χ2n) is 5.51. The molecule has 0 saturated carbocycles. The molecule has 25 heavy (non-hydrogen) atoms. The predicted octanol–water partition coefficient (Wildman–Crippen LogP) is 1.51. The van der Waals surface area contributed by atoms with Gasteiger partial charge in [0.25, 0.3) is 11.8 Å². The number of nitrogens with zero attached hydrogens (tertiary/aromatic N) is 5. The number of aromatic nitrogens is 3. The van der Waals surface area contributed by atoms with Crippen molar-refractivity contribution in [3.8, 4) is 5.88 Å². The molecular formula is C16H17F2N5O2. The summed E-state index contributed by atoms with van der Waals surface area (Å²) in [4.78, 5) is 28.0. The summed E-state index contributed by atoms with van der Waals surface area (Å²) in [6.45, 7) is 1.94.